The van der Waals surface area contributed by atoms with Crippen molar-refractivity contribution in [2.75, 3.05) is 5.75 Å². The highest BCUT2D eigenvalue weighted by Gasteiger charge is 2.38. The molecule has 0 amide bonds. The van der Waals surface area contributed by atoms with E-state index in [2.05, 4.69) is 19.4 Å². The number of nitrogens with one attached hydrogen (secondary N) is 1. The van der Waals surface area contributed by atoms with Crippen molar-refractivity contribution in [3.8, 4) is 11.4 Å². The molecule has 138 valence electrons. The van der Waals surface area contributed by atoms with Gasteiger partial charge in [0.25, 0.3) is 0 Å². The zero-order valence-corrected chi connectivity index (χ0v) is 14.5. The maximum Gasteiger partial charge on any atom is 0.471 e. The minimum Gasteiger partial charge on any atom is -0.329 e. The van der Waals surface area contributed by atoms with Gasteiger partial charge in [-0.2, -0.15) is 18.2 Å². The third-order valence-electron chi connectivity index (χ3n) is 3.46. The molecule has 1 N–H and O–H groups in total. The van der Waals surface area contributed by atoms with Crippen LogP contribution in [-0.2, 0) is 16.2 Å². The first-order chi connectivity index (χ1) is 11.6. The molecule has 25 heavy (non-hydrogen) atoms. The molecule has 1 aromatic heterocycles. The number of hydrogen-bond acceptors (Lipinski definition) is 5. The van der Waals surface area contributed by atoms with E-state index in [1.54, 1.807) is 19.1 Å². The molecular formula is C15H18F3N3O3S. The smallest absolute Gasteiger partial charge is 0.329 e. The number of alkyl halides is 3. The van der Waals surface area contributed by atoms with Crippen LogP contribution in [0.1, 0.15) is 44.2 Å². The molecule has 0 saturated heterocycles. The number of halogens is 3. The van der Waals surface area contributed by atoms with Crippen LogP contribution in [0.3, 0.4) is 0 Å². The van der Waals surface area contributed by atoms with Crippen molar-refractivity contribution >= 4 is 10.0 Å². The number of rotatable bonds is 7. The lowest BCUT2D eigenvalue weighted by Crippen LogP contribution is -2.29. The van der Waals surface area contributed by atoms with Crippen molar-refractivity contribution in [1.29, 1.82) is 0 Å². The summed E-state index contributed by atoms with van der Waals surface area (Å²) in [6, 6.07) is 5.76. The first-order valence-corrected chi connectivity index (χ1v) is 9.29. The summed E-state index contributed by atoms with van der Waals surface area (Å²) in [5, 5.41) is 3.30. The Kier molecular flexibility index (Phi) is 5.83. The van der Waals surface area contributed by atoms with E-state index in [4.69, 9.17) is 0 Å². The highest BCUT2D eigenvalue weighted by Crippen LogP contribution is 2.29. The molecule has 2 rings (SSSR count). The number of nitrogens with zero attached hydrogens (tertiary/aromatic N) is 2. The zero-order valence-electron chi connectivity index (χ0n) is 13.7. The molecule has 0 aliphatic rings. The second kappa shape index (κ2) is 7.52. The Bertz CT molecular complexity index is 801. The lowest BCUT2D eigenvalue weighted by molar-refractivity contribution is -0.159. The summed E-state index contributed by atoms with van der Waals surface area (Å²) in [6.45, 7) is 3.59. The van der Waals surface area contributed by atoms with Crippen LogP contribution in [0.4, 0.5) is 13.2 Å². The van der Waals surface area contributed by atoms with Gasteiger partial charge in [-0.25, -0.2) is 13.1 Å². The molecule has 0 fully saturated rings. The van der Waals surface area contributed by atoms with Gasteiger partial charge in [0, 0.05) is 11.6 Å². The van der Waals surface area contributed by atoms with E-state index >= 15 is 0 Å². The van der Waals surface area contributed by atoms with Gasteiger partial charge in [0.2, 0.25) is 15.8 Å². The fourth-order valence-corrected chi connectivity index (χ4v) is 3.57. The first kappa shape index (κ1) is 19.4. The minimum atomic E-state index is -4.70. The molecule has 0 radical (unpaired) electrons. The quantitative estimate of drug-likeness (QED) is 0.798. The van der Waals surface area contributed by atoms with Crippen LogP contribution in [0.15, 0.2) is 28.8 Å². The number of benzene rings is 1. The normalized spacial score (nSPS) is 13.8. The van der Waals surface area contributed by atoms with Crippen LogP contribution in [0.2, 0.25) is 0 Å². The summed E-state index contributed by atoms with van der Waals surface area (Å²) < 4.78 is 68.0. The lowest BCUT2D eigenvalue weighted by atomic mass is 10.1. The number of hydrogen-bond donors (Lipinski definition) is 1. The Morgan fingerprint density at radius 3 is 2.40 bits per heavy atom. The lowest BCUT2D eigenvalue weighted by Gasteiger charge is -2.14. The molecule has 0 bridgehead atoms. The summed E-state index contributed by atoms with van der Waals surface area (Å²) >= 11 is 0. The molecule has 2 aromatic rings. The number of unbranched alkanes of at least 4 members (excludes halogenated alkanes) is 1. The Balaban J connectivity index is 2.10. The van der Waals surface area contributed by atoms with Gasteiger partial charge < -0.3 is 4.52 Å². The average molecular weight is 377 g/mol. The molecule has 0 aliphatic carbocycles. The van der Waals surface area contributed by atoms with Gasteiger partial charge in [-0.1, -0.05) is 42.8 Å². The van der Waals surface area contributed by atoms with Crippen LogP contribution in [0, 0.1) is 0 Å². The maximum atomic E-state index is 12.5. The van der Waals surface area contributed by atoms with E-state index in [1.807, 2.05) is 6.92 Å². The van der Waals surface area contributed by atoms with Gasteiger partial charge in [-0.15, -0.1) is 0 Å². The molecule has 1 heterocycles. The van der Waals surface area contributed by atoms with Crippen molar-refractivity contribution < 1.29 is 26.1 Å². The van der Waals surface area contributed by atoms with Crippen molar-refractivity contribution in [3.05, 3.63) is 35.7 Å². The van der Waals surface area contributed by atoms with E-state index in [9.17, 15) is 21.6 Å². The Hall–Kier alpha value is -1.94. The van der Waals surface area contributed by atoms with Gasteiger partial charge >= 0.3 is 12.1 Å². The van der Waals surface area contributed by atoms with Gasteiger partial charge in [0.05, 0.1) is 5.75 Å². The molecule has 0 spiro atoms. The Morgan fingerprint density at radius 1 is 1.24 bits per heavy atom. The molecular weight excluding hydrogens is 359 g/mol. The maximum absolute atomic E-state index is 12.5. The van der Waals surface area contributed by atoms with Crippen LogP contribution in [0.5, 0.6) is 0 Å². The molecule has 1 aromatic carbocycles. The summed E-state index contributed by atoms with van der Waals surface area (Å²) in [7, 11) is -3.38. The third-order valence-corrected chi connectivity index (χ3v) is 5.00. The summed E-state index contributed by atoms with van der Waals surface area (Å²) in [4.78, 5) is 3.31. The SMILES string of the molecule is CCCCS(=O)(=O)NC(C)c1ccc(-c2noc(C(F)(F)F)n2)cc1. The molecule has 6 nitrogen and oxygen atoms in total. The van der Waals surface area contributed by atoms with Crippen LogP contribution < -0.4 is 4.72 Å². The van der Waals surface area contributed by atoms with E-state index in [-0.39, 0.29) is 11.6 Å². The minimum absolute atomic E-state index is 0.0506. The third kappa shape index (κ3) is 5.27. The summed E-state index contributed by atoms with van der Waals surface area (Å²) in [5.41, 5.74) is 1.01. The van der Waals surface area contributed by atoms with Crippen LogP contribution in [0.25, 0.3) is 11.4 Å². The van der Waals surface area contributed by atoms with Crippen molar-refractivity contribution in [1.82, 2.24) is 14.9 Å². The van der Waals surface area contributed by atoms with E-state index in [0.717, 1.165) is 6.42 Å². The first-order valence-electron chi connectivity index (χ1n) is 7.63. The van der Waals surface area contributed by atoms with Gasteiger partial charge in [-0.05, 0) is 18.9 Å². The monoisotopic (exact) mass is 377 g/mol. The van der Waals surface area contributed by atoms with Gasteiger partial charge in [-0.3, -0.25) is 0 Å². The largest absolute Gasteiger partial charge is 0.471 e. The number of sulfonamides is 1. The van der Waals surface area contributed by atoms with Gasteiger partial charge in [0.15, 0.2) is 0 Å². The second-order valence-corrected chi connectivity index (χ2v) is 7.43. The zero-order chi connectivity index (χ0) is 18.7. The molecule has 0 saturated carbocycles. The van der Waals surface area contributed by atoms with Gasteiger partial charge in [0.1, 0.15) is 0 Å². The number of aromatic nitrogens is 2. The summed E-state index contributed by atoms with van der Waals surface area (Å²) in [5.74, 6) is -1.55. The van der Waals surface area contributed by atoms with Crippen LogP contribution in [-0.4, -0.2) is 24.3 Å². The Labute approximate surface area is 143 Å². The highest BCUT2D eigenvalue weighted by atomic mass is 32.2. The average Bonchev–Trinajstić information content (AvgIpc) is 3.03. The van der Waals surface area contributed by atoms with Crippen molar-refractivity contribution in [2.24, 2.45) is 0 Å². The molecule has 1 atom stereocenters. The van der Waals surface area contributed by atoms with Crippen molar-refractivity contribution in [3.63, 3.8) is 0 Å². The summed E-state index contributed by atoms with van der Waals surface area (Å²) in [6.07, 6.45) is -3.36. The molecule has 10 heteroatoms. The highest BCUT2D eigenvalue weighted by molar-refractivity contribution is 7.89. The topological polar surface area (TPSA) is 85.1 Å². The predicted molar refractivity (Wildman–Crippen MR) is 85.0 cm³/mol. The van der Waals surface area contributed by atoms with Crippen molar-refractivity contribution in [2.45, 2.75) is 38.9 Å². The fourth-order valence-electron chi connectivity index (χ4n) is 2.11. The predicted octanol–water partition coefficient (Wildman–Crippen LogP) is 3.54. The van der Waals surface area contributed by atoms with E-state index in [1.165, 1.54) is 12.1 Å². The van der Waals surface area contributed by atoms with E-state index < -0.39 is 28.1 Å². The van der Waals surface area contributed by atoms with E-state index in [0.29, 0.717) is 17.5 Å². The second-order valence-electron chi connectivity index (χ2n) is 5.55. The molecule has 1 unspecified atom stereocenters. The fraction of sp³-hybridized carbons (Fsp3) is 0.467. The standard InChI is InChI=1S/C15H18F3N3O3S/c1-3-4-9-25(22,23)21-10(2)11-5-7-12(8-6-11)13-19-14(24-20-13)15(16,17)18/h5-8,10,21H,3-4,9H2,1-2H3. The molecule has 0 aliphatic heterocycles. The Morgan fingerprint density at radius 2 is 1.88 bits per heavy atom. The van der Waals surface area contributed by atoms with Crippen LogP contribution >= 0.6 is 0 Å².